The van der Waals surface area contributed by atoms with Gasteiger partial charge in [-0.2, -0.15) is 0 Å². The summed E-state index contributed by atoms with van der Waals surface area (Å²) in [5.41, 5.74) is 19.9. The molecule has 42 heavy (non-hydrogen) atoms. The number of nitrogens with zero attached hydrogens (tertiary/aromatic N) is 4. The molecule has 4 aliphatic heterocycles. The number of hydrogen-bond donors (Lipinski definition) is 4. The Hall–Kier alpha value is -4.80. The lowest BCUT2D eigenvalue weighted by Crippen LogP contribution is -2.49. The SMILES string of the molecule is N[C@@H]1CCN2c3c(cccc31)C(=O)N[C@H]2c1cccnc1.N[C@H]1CCN2c3c(cccc31)C(=O)N[C@@H]2c1cccnc1. The summed E-state index contributed by atoms with van der Waals surface area (Å²) in [6.07, 6.45) is 8.48. The van der Waals surface area contributed by atoms with Gasteiger partial charge in [0.1, 0.15) is 12.3 Å². The van der Waals surface area contributed by atoms with Crippen LogP contribution in [-0.4, -0.2) is 34.9 Å². The summed E-state index contributed by atoms with van der Waals surface area (Å²) in [4.78, 5) is 37.6. The molecule has 0 saturated carbocycles. The summed E-state index contributed by atoms with van der Waals surface area (Å²) < 4.78 is 0. The van der Waals surface area contributed by atoms with E-state index < -0.39 is 0 Å². The fourth-order valence-corrected chi connectivity index (χ4v) is 6.50. The van der Waals surface area contributed by atoms with E-state index in [4.69, 9.17) is 11.5 Å². The lowest BCUT2D eigenvalue weighted by atomic mass is 9.91. The maximum absolute atomic E-state index is 12.4. The van der Waals surface area contributed by atoms with E-state index in [-0.39, 0.29) is 36.2 Å². The van der Waals surface area contributed by atoms with E-state index in [9.17, 15) is 9.59 Å². The van der Waals surface area contributed by atoms with Gasteiger partial charge in [-0.05, 0) is 48.2 Å². The van der Waals surface area contributed by atoms with Crippen LogP contribution in [0.5, 0.6) is 0 Å². The molecule has 0 saturated heterocycles. The van der Waals surface area contributed by atoms with E-state index in [1.54, 1.807) is 24.8 Å². The van der Waals surface area contributed by atoms with E-state index >= 15 is 0 Å². The molecule has 212 valence electrons. The highest BCUT2D eigenvalue weighted by Crippen LogP contribution is 2.43. The smallest absolute Gasteiger partial charge is 0.255 e. The summed E-state index contributed by atoms with van der Waals surface area (Å²) in [6.45, 7) is 1.65. The maximum Gasteiger partial charge on any atom is 0.255 e. The van der Waals surface area contributed by atoms with Crippen molar-refractivity contribution >= 4 is 23.2 Å². The Labute approximate surface area is 243 Å². The van der Waals surface area contributed by atoms with Crippen molar-refractivity contribution in [1.82, 2.24) is 20.6 Å². The minimum atomic E-state index is -0.174. The van der Waals surface area contributed by atoms with Crippen molar-refractivity contribution in [2.75, 3.05) is 22.9 Å². The first-order valence-electron chi connectivity index (χ1n) is 14.2. The molecule has 4 aliphatic rings. The number of nitrogens with one attached hydrogen (secondary N) is 2. The van der Waals surface area contributed by atoms with Crippen LogP contribution in [0.1, 0.15) is 80.2 Å². The fourth-order valence-electron chi connectivity index (χ4n) is 6.50. The van der Waals surface area contributed by atoms with Gasteiger partial charge in [0.25, 0.3) is 11.8 Å². The van der Waals surface area contributed by atoms with Gasteiger partial charge in [0.2, 0.25) is 0 Å². The Morgan fingerprint density at radius 1 is 0.643 bits per heavy atom. The number of nitrogens with two attached hydrogens (primary N) is 2. The predicted molar refractivity (Wildman–Crippen MR) is 160 cm³/mol. The molecule has 0 fully saturated rings. The summed E-state index contributed by atoms with van der Waals surface area (Å²) in [7, 11) is 0. The molecule has 0 unspecified atom stereocenters. The first-order valence-corrected chi connectivity index (χ1v) is 14.2. The molecule has 4 atom stereocenters. The molecule has 10 heteroatoms. The second kappa shape index (κ2) is 10.6. The van der Waals surface area contributed by atoms with Gasteiger partial charge >= 0.3 is 0 Å². The van der Waals surface area contributed by atoms with E-state index in [1.165, 1.54) is 0 Å². The average molecular weight is 561 g/mol. The molecule has 0 spiro atoms. The van der Waals surface area contributed by atoms with Gasteiger partial charge in [-0.25, -0.2) is 0 Å². The average Bonchev–Trinajstić information content (AvgIpc) is 3.04. The number of carbonyl (C=O) groups is 2. The minimum Gasteiger partial charge on any atom is -0.346 e. The van der Waals surface area contributed by atoms with Crippen LogP contribution in [0.15, 0.2) is 85.5 Å². The number of pyridine rings is 2. The predicted octanol–water partition coefficient (Wildman–Crippen LogP) is 3.47. The van der Waals surface area contributed by atoms with E-state index in [0.29, 0.717) is 11.1 Å². The van der Waals surface area contributed by atoms with E-state index in [0.717, 1.165) is 59.6 Å². The van der Waals surface area contributed by atoms with Crippen LogP contribution in [0.2, 0.25) is 0 Å². The van der Waals surface area contributed by atoms with Crippen molar-refractivity contribution in [2.24, 2.45) is 11.5 Å². The van der Waals surface area contributed by atoms with Gasteiger partial charge in [0, 0.05) is 61.1 Å². The Morgan fingerprint density at radius 2 is 1.10 bits per heavy atom. The number of amides is 2. The third-order valence-corrected chi connectivity index (χ3v) is 8.52. The van der Waals surface area contributed by atoms with Gasteiger partial charge in [-0.15, -0.1) is 0 Å². The van der Waals surface area contributed by atoms with Crippen LogP contribution in [0, 0.1) is 0 Å². The number of benzene rings is 2. The first-order chi connectivity index (χ1) is 20.5. The monoisotopic (exact) mass is 560 g/mol. The number of para-hydroxylation sites is 2. The Kier molecular flexibility index (Phi) is 6.56. The highest BCUT2D eigenvalue weighted by Gasteiger charge is 2.38. The van der Waals surface area contributed by atoms with Crippen molar-refractivity contribution in [1.29, 1.82) is 0 Å². The van der Waals surface area contributed by atoms with Gasteiger partial charge in [-0.1, -0.05) is 36.4 Å². The summed E-state index contributed by atoms with van der Waals surface area (Å²) in [5, 5.41) is 6.14. The molecular weight excluding hydrogens is 528 g/mol. The Morgan fingerprint density at radius 3 is 1.50 bits per heavy atom. The van der Waals surface area contributed by atoms with Gasteiger partial charge in [-0.3, -0.25) is 19.6 Å². The third-order valence-electron chi connectivity index (χ3n) is 8.52. The molecular formula is C32H32N8O2. The molecule has 8 rings (SSSR count). The molecule has 0 aliphatic carbocycles. The zero-order valence-electron chi connectivity index (χ0n) is 23.0. The quantitative estimate of drug-likeness (QED) is 0.292. The van der Waals surface area contributed by atoms with Gasteiger partial charge in [0.05, 0.1) is 22.5 Å². The van der Waals surface area contributed by atoms with E-state index in [1.807, 2.05) is 60.7 Å². The molecule has 10 nitrogen and oxygen atoms in total. The first kappa shape index (κ1) is 26.1. The van der Waals surface area contributed by atoms with E-state index in [2.05, 4.69) is 30.4 Å². The summed E-state index contributed by atoms with van der Waals surface area (Å²) in [5.74, 6) is -0.0999. The molecule has 0 radical (unpaired) electrons. The second-order valence-electron chi connectivity index (χ2n) is 11.0. The van der Waals surface area contributed by atoms with Crippen molar-refractivity contribution in [2.45, 2.75) is 37.3 Å². The van der Waals surface area contributed by atoms with Gasteiger partial charge < -0.3 is 31.9 Å². The molecule has 2 aromatic heterocycles. The van der Waals surface area contributed by atoms with Gasteiger partial charge in [0.15, 0.2) is 0 Å². The molecule has 4 aromatic rings. The van der Waals surface area contributed by atoms with Crippen molar-refractivity contribution in [3.05, 3.63) is 119 Å². The maximum atomic E-state index is 12.4. The summed E-state index contributed by atoms with van der Waals surface area (Å²) in [6, 6.07) is 19.3. The topological polar surface area (TPSA) is 142 Å². The standard InChI is InChI=1S/2C16H16N4O/c2*17-13-6-8-20-14-11(13)4-1-5-12(14)16(21)19-15(20)10-3-2-7-18-9-10/h2*1-5,7,9,13,15H,6,8,17H2,(H,19,21)/t2*13-,15-/m10/s1. The normalized spacial score (nSPS) is 23.5. The van der Waals surface area contributed by atoms with Crippen LogP contribution in [0.25, 0.3) is 0 Å². The van der Waals surface area contributed by atoms with Crippen molar-refractivity contribution in [3.63, 3.8) is 0 Å². The van der Waals surface area contributed by atoms with Crippen LogP contribution in [0.3, 0.4) is 0 Å². The van der Waals surface area contributed by atoms with Crippen molar-refractivity contribution < 1.29 is 9.59 Å². The lowest BCUT2D eigenvalue weighted by molar-refractivity contribution is 0.0916. The van der Waals surface area contributed by atoms with Crippen LogP contribution >= 0.6 is 0 Å². The highest BCUT2D eigenvalue weighted by atomic mass is 16.2. The Bertz CT molecular complexity index is 1520. The second-order valence-corrected chi connectivity index (χ2v) is 11.0. The van der Waals surface area contributed by atoms with Crippen LogP contribution < -0.4 is 31.9 Å². The number of aromatic nitrogens is 2. The van der Waals surface area contributed by atoms with Crippen molar-refractivity contribution in [3.8, 4) is 0 Å². The number of hydrogen-bond acceptors (Lipinski definition) is 8. The number of carbonyl (C=O) groups excluding carboxylic acids is 2. The number of rotatable bonds is 2. The minimum absolute atomic E-state index is 0.00310. The van der Waals surface area contributed by atoms with Crippen LogP contribution in [-0.2, 0) is 0 Å². The number of anilines is 2. The molecule has 0 bridgehead atoms. The molecule has 6 N–H and O–H groups in total. The lowest BCUT2D eigenvalue weighted by Gasteiger charge is -2.44. The zero-order chi connectivity index (χ0) is 28.8. The highest BCUT2D eigenvalue weighted by molar-refractivity contribution is 6.04. The van der Waals surface area contributed by atoms with Crippen LogP contribution in [0.4, 0.5) is 11.4 Å². The largest absolute Gasteiger partial charge is 0.346 e. The molecule has 6 heterocycles. The third kappa shape index (κ3) is 4.36. The summed E-state index contributed by atoms with van der Waals surface area (Å²) >= 11 is 0. The zero-order valence-corrected chi connectivity index (χ0v) is 23.0. The Balaban J connectivity index is 0.000000137. The molecule has 2 amide bonds. The fraction of sp³-hybridized carbons (Fsp3) is 0.250. The molecule has 2 aromatic carbocycles.